The molecule has 1 aliphatic rings. The zero-order valence-corrected chi connectivity index (χ0v) is 15.6. The SMILES string of the molecule is O=C(Nc1ccc(F)c(F)c1)C(=O)NC1(Cc2ccc(Cl)cc2Cl)CCC1. The predicted octanol–water partition coefficient (Wildman–Crippen LogP) is 4.49. The van der Waals surface area contributed by atoms with Crippen molar-refractivity contribution in [3.05, 3.63) is 63.6 Å². The molecule has 0 bridgehead atoms. The molecular weight excluding hydrogens is 397 g/mol. The smallest absolute Gasteiger partial charge is 0.313 e. The summed E-state index contributed by atoms with van der Waals surface area (Å²) in [5.74, 6) is -3.94. The third-order valence-electron chi connectivity index (χ3n) is 4.62. The fourth-order valence-electron chi connectivity index (χ4n) is 3.04. The highest BCUT2D eigenvalue weighted by Crippen LogP contribution is 2.37. The van der Waals surface area contributed by atoms with E-state index >= 15 is 0 Å². The van der Waals surface area contributed by atoms with Gasteiger partial charge in [0.2, 0.25) is 0 Å². The maximum atomic E-state index is 13.2. The lowest BCUT2D eigenvalue weighted by atomic mass is 9.72. The molecule has 1 saturated carbocycles. The second-order valence-electron chi connectivity index (χ2n) is 6.58. The number of carbonyl (C=O) groups excluding carboxylic acids is 2. The highest BCUT2D eigenvalue weighted by molar-refractivity contribution is 6.39. The Morgan fingerprint density at radius 1 is 1.00 bits per heavy atom. The number of carbonyl (C=O) groups is 2. The average Bonchev–Trinajstić information content (AvgIpc) is 2.58. The normalized spacial score (nSPS) is 15.0. The van der Waals surface area contributed by atoms with E-state index < -0.39 is 29.0 Å². The highest BCUT2D eigenvalue weighted by Gasteiger charge is 2.40. The fourth-order valence-corrected chi connectivity index (χ4v) is 3.51. The van der Waals surface area contributed by atoms with Gasteiger partial charge in [0.15, 0.2) is 11.6 Å². The molecule has 0 unspecified atom stereocenters. The number of hydrogen-bond donors (Lipinski definition) is 2. The number of amides is 2. The Labute approximate surface area is 164 Å². The van der Waals surface area contributed by atoms with Crippen molar-refractivity contribution in [3.63, 3.8) is 0 Å². The Morgan fingerprint density at radius 3 is 2.33 bits per heavy atom. The Bertz CT molecular complexity index is 901. The maximum Gasteiger partial charge on any atom is 0.313 e. The minimum Gasteiger partial charge on any atom is -0.342 e. The van der Waals surface area contributed by atoms with Gasteiger partial charge in [-0.1, -0.05) is 29.3 Å². The third kappa shape index (κ3) is 4.57. The first-order valence-electron chi connectivity index (χ1n) is 8.30. The topological polar surface area (TPSA) is 58.2 Å². The second kappa shape index (κ2) is 7.82. The first-order valence-corrected chi connectivity index (χ1v) is 9.06. The first kappa shape index (κ1) is 19.6. The molecule has 1 fully saturated rings. The summed E-state index contributed by atoms with van der Waals surface area (Å²) in [5, 5.41) is 6.03. The Kier molecular flexibility index (Phi) is 5.67. The molecule has 0 radical (unpaired) electrons. The molecule has 0 spiro atoms. The fraction of sp³-hybridized carbons (Fsp3) is 0.263. The summed E-state index contributed by atoms with van der Waals surface area (Å²) in [6.07, 6.45) is 2.79. The second-order valence-corrected chi connectivity index (χ2v) is 7.43. The first-order chi connectivity index (χ1) is 12.8. The van der Waals surface area contributed by atoms with Crippen LogP contribution in [0.4, 0.5) is 14.5 Å². The van der Waals surface area contributed by atoms with Gasteiger partial charge < -0.3 is 10.6 Å². The van der Waals surface area contributed by atoms with Gasteiger partial charge in [0, 0.05) is 27.3 Å². The third-order valence-corrected chi connectivity index (χ3v) is 5.20. The van der Waals surface area contributed by atoms with Crippen LogP contribution in [-0.2, 0) is 16.0 Å². The summed E-state index contributed by atoms with van der Waals surface area (Å²) in [7, 11) is 0. The van der Waals surface area contributed by atoms with E-state index in [9.17, 15) is 18.4 Å². The predicted molar refractivity (Wildman–Crippen MR) is 99.9 cm³/mol. The monoisotopic (exact) mass is 412 g/mol. The molecule has 0 heterocycles. The number of hydrogen-bond acceptors (Lipinski definition) is 2. The molecule has 2 aromatic rings. The summed E-state index contributed by atoms with van der Waals surface area (Å²) in [6, 6.07) is 8.00. The van der Waals surface area contributed by atoms with Crippen LogP contribution >= 0.6 is 23.2 Å². The molecule has 2 amide bonds. The van der Waals surface area contributed by atoms with Crippen molar-refractivity contribution in [2.45, 2.75) is 31.2 Å². The summed E-state index contributed by atoms with van der Waals surface area (Å²) in [6.45, 7) is 0. The lowest BCUT2D eigenvalue weighted by Crippen LogP contribution is -2.57. The molecule has 142 valence electrons. The van der Waals surface area contributed by atoms with Crippen molar-refractivity contribution in [1.82, 2.24) is 5.32 Å². The van der Waals surface area contributed by atoms with Gasteiger partial charge in [-0.15, -0.1) is 0 Å². The lowest BCUT2D eigenvalue weighted by Gasteiger charge is -2.42. The molecule has 0 aliphatic heterocycles. The number of anilines is 1. The van der Waals surface area contributed by atoms with E-state index in [1.165, 1.54) is 6.07 Å². The highest BCUT2D eigenvalue weighted by atomic mass is 35.5. The van der Waals surface area contributed by atoms with Gasteiger partial charge in [-0.3, -0.25) is 9.59 Å². The Hall–Kier alpha value is -2.18. The number of halogens is 4. The van der Waals surface area contributed by atoms with Crippen LogP contribution in [0.3, 0.4) is 0 Å². The van der Waals surface area contributed by atoms with Crippen molar-refractivity contribution in [2.24, 2.45) is 0 Å². The van der Waals surface area contributed by atoms with Crippen molar-refractivity contribution in [2.75, 3.05) is 5.32 Å². The van der Waals surface area contributed by atoms with Crippen molar-refractivity contribution < 1.29 is 18.4 Å². The van der Waals surface area contributed by atoms with Crippen LogP contribution in [0.1, 0.15) is 24.8 Å². The molecule has 4 nitrogen and oxygen atoms in total. The van der Waals surface area contributed by atoms with Gasteiger partial charge in [0.1, 0.15) is 0 Å². The molecule has 0 saturated heterocycles. The molecule has 2 N–H and O–H groups in total. The van der Waals surface area contributed by atoms with E-state index in [1.54, 1.807) is 18.2 Å². The van der Waals surface area contributed by atoms with Crippen molar-refractivity contribution in [1.29, 1.82) is 0 Å². The van der Waals surface area contributed by atoms with Gasteiger partial charge in [-0.25, -0.2) is 8.78 Å². The molecule has 2 aromatic carbocycles. The minimum absolute atomic E-state index is 0.00236. The quantitative estimate of drug-likeness (QED) is 0.726. The van der Waals surface area contributed by atoms with E-state index in [-0.39, 0.29) is 5.69 Å². The van der Waals surface area contributed by atoms with Gasteiger partial charge in [-0.2, -0.15) is 0 Å². The maximum absolute atomic E-state index is 13.2. The van der Waals surface area contributed by atoms with Crippen LogP contribution in [0, 0.1) is 11.6 Å². The molecule has 0 aromatic heterocycles. The van der Waals surface area contributed by atoms with Gasteiger partial charge in [0.25, 0.3) is 0 Å². The zero-order valence-electron chi connectivity index (χ0n) is 14.1. The number of nitrogens with one attached hydrogen (secondary N) is 2. The summed E-state index contributed by atoms with van der Waals surface area (Å²) in [4.78, 5) is 24.4. The van der Waals surface area contributed by atoms with Crippen molar-refractivity contribution in [3.8, 4) is 0 Å². The van der Waals surface area contributed by atoms with Crippen LogP contribution in [0.15, 0.2) is 36.4 Å². The Morgan fingerprint density at radius 2 is 1.74 bits per heavy atom. The minimum atomic E-state index is -1.11. The van der Waals surface area contributed by atoms with Crippen LogP contribution in [0.2, 0.25) is 10.0 Å². The van der Waals surface area contributed by atoms with E-state index in [0.717, 1.165) is 24.1 Å². The molecule has 1 aliphatic carbocycles. The van der Waals surface area contributed by atoms with Gasteiger partial charge >= 0.3 is 11.8 Å². The molecule has 8 heteroatoms. The number of rotatable bonds is 4. The summed E-state index contributed by atoms with van der Waals surface area (Å²) < 4.78 is 26.2. The van der Waals surface area contributed by atoms with E-state index in [1.807, 2.05) is 0 Å². The summed E-state index contributed by atoms with van der Waals surface area (Å²) in [5.41, 5.74) is 0.250. The summed E-state index contributed by atoms with van der Waals surface area (Å²) >= 11 is 12.1. The number of benzene rings is 2. The zero-order chi connectivity index (χ0) is 19.6. The van der Waals surface area contributed by atoms with E-state index in [4.69, 9.17) is 23.2 Å². The van der Waals surface area contributed by atoms with Crippen LogP contribution in [0.25, 0.3) is 0 Å². The molecule has 3 rings (SSSR count). The molecule has 0 atom stereocenters. The molecular formula is C19H16Cl2F2N2O2. The van der Waals surface area contributed by atoms with Crippen LogP contribution < -0.4 is 10.6 Å². The standard InChI is InChI=1S/C19H16Cl2F2N2O2/c20-12-3-2-11(14(21)8-12)10-19(6-1-7-19)25-18(27)17(26)24-13-4-5-15(22)16(23)9-13/h2-5,8-9H,1,6-7,10H2,(H,24,26)(H,25,27). The Balaban J connectivity index is 1.67. The molecule has 27 heavy (non-hydrogen) atoms. The van der Waals surface area contributed by atoms with Crippen LogP contribution in [0.5, 0.6) is 0 Å². The van der Waals surface area contributed by atoms with E-state index in [2.05, 4.69) is 10.6 Å². The van der Waals surface area contributed by atoms with Gasteiger partial charge in [-0.05, 0) is 55.5 Å². The average molecular weight is 413 g/mol. The van der Waals surface area contributed by atoms with Gasteiger partial charge in [0.05, 0.1) is 0 Å². The van der Waals surface area contributed by atoms with E-state index in [0.29, 0.717) is 29.3 Å². The van der Waals surface area contributed by atoms with Crippen LogP contribution in [-0.4, -0.2) is 17.4 Å². The lowest BCUT2D eigenvalue weighted by molar-refractivity contribution is -0.138. The largest absolute Gasteiger partial charge is 0.342 e. The van der Waals surface area contributed by atoms with Crippen molar-refractivity contribution >= 4 is 40.7 Å².